The highest BCUT2D eigenvalue weighted by atomic mass is 16.4. The Balaban J connectivity index is 2.20. The summed E-state index contributed by atoms with van der Waals surface area (Å²) < 4.78 is 0. The van der Waals surface area contributed by atoms with Gasteiger partial charge in [-0.05, 0) is 42.7 Å². The molecule has 2 rings (SSSR count). The first-order valence-corrected chi connectivity index (χ1v) is 7.09. The second kappa shape index (κ2) is 6.79. The van der Waals surface area contributed by atoms with E-state index in [1.165, 1.54) is 24.5 Å². The summed E-state index contributed by atoms with van der Waals surface area (Å²) in [5.74, 6) is -0.996. The van der Waals surface area contributed by atoms with E-state index in [2.05, 4.69) is 24.4 Å². The van der Waals surface area contributed by atoms with Crippen molar-refractivity contribution in [2.45, 2.75) is 26.2 Å². The lowest BCUT2D eigenvalue weighted by Crippen LogP contribution is -2.05. The maximum Gasteiger partial charge on any atom is 0.337 e. The highest BCUT2D eigenvalue weighted by Gasteiger charge is 2.12. The van der Waals surface area contributed by atoms with Crippen molar-refractivity contribution in [1.82, 2.24) is 0 Å². The van der Waals surface area contributed by atoms with Gasteiger partial charge in [-0.25, -0.2) is 4.79 Å². The minimum absolute atomic E-state index is 0.171. The molecule has 0 amide bonds. The van der Waals surface area contributed by atoms with Crippen LogP contribution in [0, 0.1) is 0 Å². The van der Waals surface area contributed by atoms with E-state index in [-0.39, 0.29) is 5.56 Å². The number of carboxylic acids is 1. The Hall–Kier alpha value is -2.49. The summed E-state index contributed by atoms with van der Waals surface area (Å²) >= 11 is 0. The third-order valence-electron chi connectivity index (χ3n) is 3.37. The number of anilines is 3. The van der Waals surface area contributed by atoms with Crippen LogP contribution in [0.15, 0.2) is 42.5 Å². The Labute approximate surface area is 124 Å². The average molecular weight is 284 g/mol. The molecule has 0 heterocycles. The van der Waals surface area contributed by atoms with Gasteiger partial charge in [0.15, 0.2) is 0 Å². The summed E-state index contributed by atoms with van der Waals surface area (Å²) in [6.07, 6.45) is 3.40. The number of hydrogen-bond acceptors (Lipinski definition) is 3. The van der Waals surface area contributed by atoms with Crippen LogP contribution in [-0.2, 0) is 6.42 Å². The number of unbranched alkanes of at least 4 members (excludes halogenated alkanes) is 1. The van der Waals surface area contributed by atoms with E-state index in [1.807, 2.05) is 12.1 Å². The first-order valence-electron chi connectivity index (χ1n) is 7.09. The number of aromatic carboxylic acids is 1. The predicted molar refractivity (Wildman–Crippen MR) is 86.2 cm³/mol. The lowest BCUT2D eigenvalue weighted by molar-refractivity contribution is 0.0698. The number of carbonyl (C=O) groups is 1. The molecule has 4 heteroatoms. The standard InChI is InChI=1S/C17H20N2O2/c1-2-3-5-12-8-10-13(11-9-12)19-16-14(17(20)21)6-4-7-15(16)18/h4,6-11,19H,2-3,5,18H2,1H3,(H,20,21). The summed E-state index contributed by atoms with van der Waals surface area (Å²) in [5.41, 5.74) is 9.01. The molecule has 4 nitrogen and oxygen atoms in total. The van der Waals surface area contributed by atoms with Crippen LogP contribution in [-0.4, -0.2) is 11.1 Å². The molecule has 0 spiro atoms. The third kappa shape index (κ3) is 3.75. The van der Waals surface area contributed by atoms with Crippen LogP contribution < -0.4 is 11.1 Å². The van der Waals surface area contributed by atoms with Crippen LogP contribution in [0.3, 0.4) is 0 Å². The maximum absolute atomic E-state index is 11.2. The van der Waals surface area contributed by atoms with Gasteiger partial charge in [0, 0.05) is 5.69 Å². The zero-order chi connectivity index (χ0) is 15.2. The van der Waals surface area contributed by atoms with Crippen molar-refractivity contribution in [1.29, 1.82) is 0 Å². The summed E-state index contributed by atoms with van der Waals surface area (Å²) in [6.45, 7) is 2.17. The molecule has 2 aromatic carbocycles. The Bertz CT molecular complexity index is 621. The normalized spacial score (nSPS) is 10.3. The molecule has 0 fully saturated rings. The van der Waals surface area contributed by atoms with E-state index in [4.69, 9.17) is 5.73 Å². The van der Waals surface area contributed by atoms with Crippen LogP contribution in [0.4, 0.5) is 17.1 Å². The average Bonchev–Trinajstić information content (AvgIpc) is 2.48. The first-order chi connectivity index (χ1) is 10.1. The zero-order valence-electron chi connectivity index (χ0n) is 12.1. The number of nitrogens with one attached hydrogen (secondary N) is 1. The topological polar surface area (TPSA) is 75.3 Å². The van der Waals surface area contributed by atoms with Gasteiger partial charge in [0.25, 0.3) is 0 Å². The second-order valence-corrected chi connectivity index (χ2v) is 5.00. The SMILES string of the molecule is CCCCc1ccc(Nc2c(N)cccc2C(=O)O)cc1. The molecule has 0 saturated carbocycles. The Morgan fingerprint density at radius 1 is 1.19 bits per heavy atom. The second-order valence-electron chi connectivity index (χ2n) is 5.00. The largest absolute Gasteiger partial charge is 0.478 e. The Morgan fingerprint density at radius 2 is 1.90 bits per heavy atom. The van der Waals surface area contributed by atoms with Gasteiger partial charge >= 0.3 is 5.97 Å². The van der Waals surface area contributed by atoms with Crippen LogP contribution in [0.1, 0.15) is 35.7 Å². The fourth-order valence-electron chi connectivity index (χ4n) is 2.17. The number of carboxylic acid groups (broad SMARTS) is 1. The number of para-hydroxylation sites is 1. The number of aryl methyl sites for hydroxylation is 1. The van der Waals surface area contributed by atoms with Crippen LogP contribution in [0.25, 0.3) is 0 Å². The van der Waals surface area contributed by atoms with E-state index < -0.39 is 5.97 Å². The van der Waals surface area contributed by atoms with E-state index in [0.29, 0.717) is 11.4 Å². The number of hydrogen-bond donors (Lipinski definition) is 3. The van der Waals surface area contributed by atoms with Gasteiger partial charge in [0.2, 0.25) is 0 Å². The molecule has 0 aliphatic carbocycles. The van der Waals surface area contributed by atoms with Crippen molar-refractivity contribution >= 4 is 23.0 Å². The van der Waals surface area contributed by atoms with Crippen molar-refractivity contribution in [3.8, 4) is 0 Å². The van der Waals surface area contributed by atoms with E-state index in [0.717, 1.165) is 12.1 Å². The van der Waals surface area contributed by atoms with Crippen molar-refractivity contribution < 1.29 is 9.90 Å². The fraction of sp³-hybridized carbons (Fsp3) is 0.235. The minimum atomic E-state index is -0.996. The number of nitrogens with two attached hydrogens (primary N) is 1. The lowest BCUT2D eigenvalue weighted by Gasteiger charge is -2.12. The molecule has 0 bridgehead atoms. The molecule has 4 N–H and O–H groups in total. The summed E-state index contributed by atoms with van der Waals surface area (Å²) in [6, 6.07) is 12.9. The Morgan fingerprint density at radius 3 is 2.52 bits per heavy atom. The van der Waals surface area contributed by atoms with Gasteiger partial charge in [-0.1, -0.05) is 31.5 Å². The van der Waals surface area contributed by atoms with E-state index >= 15 is 0 Å². The van der Waals surface area contributed by atoms with Gasteiger partial charge in [0.05, 0.1) is 16.9 Å². The van der Waals surface area contributed by atoms with Crippen molar-refractivity contribution in [2.75, 3.05) is 11.1 Å². The molecule has 0 saturated heterocycles. The monoisotopic (exact) mass is 284 g/mol. The molecule has 2 aromatic rings. The predicted octanol–water partition coefficient (Wildman–Crippen LogP) is 4.05. The van der Waals surface area contributed by atoms with Crippen molar-refractivity contribution in [3.05, 3.63) is 53.6 Å². The maximum atomic E-state index is 11.2. The van der Waals surface area contributed by atoms with Gasteiger partial charge in [0.1, 0.15) is 0 Å². The zero-order valence-corrected chi connectivity index (χ0v) is 12.1. The van der Waals surface area contributed by atoms with Gasteiger partial charge < -0.3 is 16.2 Å². The quantitative estimate of drug-likeness (QED) is 0.699. The van der Waals surface area contributed by atoms with Crippen molar-refractivity contribution in [2.24, 2.45) is 0 Å². The molecule has 0 aromatic heterocycles. The molecule has 21 heavy (non-hydrogen) atoms. The molecule has 0 atom stereocenters. The number of benzene rings is 2. The summed E-state index contributed by atoms with van der Waals surface area (Å²) in [5, 5.41) is 12.3. The van der Waals surface area contributed by atoms with Crippen molar-refractivity contribution in [3.63, 3.8) is 0 Å². The minimum Gasteiger partial charge on any atom is -0.478 e. The Kier molecular flexibility index (Phi) is 4.82. The molecule has 0 radical (unpaired) electrons. The molecular formula is C17H20N2O2. The van der Waals surface area contributed by atoms with E-state index in [1.54, 1.807) is 12.1 Å². The fourth-order valence-corrected chi connectivity index (χ4v) is 2.17. The molecular weight excluding hydrogens is 264 g/mol. The lowest BCUT2D eigenvalue weighted by atomic mass is 10.1. The smallest absolute Gasteiger partial charge is 0.337 e. The number of nitrogen functional groups attached to an aromatic ring is 1. The summed E-state index contributed by atoms with van der Waals surface area (Å²) in [7, 11) is 0. The van der Waals surface area contributed by atoms with Crippen LogP contribution >= 0.6 is 0 Å². The first kappa shape index (κ1) is 14.9. The molecule has 0 aliphatic rings. The highest BCUT2D eigenvalue weighted by molar-refractivity contribution is 5.98. The van der Waals surface area contributed by atoms with Crippen LogP contribution in [0.5, 0.6) is 0 Å². The van der Waals surface area contributed by atoms with Crippen LogP contribution in [0.2, 0.25) is 0 Å². The van der Waals surface area contributed by atoms with Gasteiger partial charge in [-0.2, -0.15) is 0 Å². The number of rotatable bonds is 6. The molecule has 0 unspecified atom stereocenters. The van der Waals surface area contributed by atoms with Gasteiger partial charge in [-0.15, -0.1) is 0 Å². The van der Waals surface area contributed by atoms with Gasteiger partial charge in [-0.3, -0.25) is 0 Å². The highest BCUT2D eigenvalue weighted by Crippen LogP contribution is 2.27. The molecule has 0 aliphatic heterocycles. The third-order valence-corrected chi connectivity index (χ3v) is 3.37. The summed E-state index contributed by atoms with van der Waals surface area (Å²) in [4.78, 5) is 11.2. The van der Waals surface area contributed by atoms with E-state index in [9.17, 15) is 9.90 Å². The molecule has 110 valence electrons.